The number of ether oxygens (including phenoxy) is 1. The first-order valence-corrected chi connectivity index (χ1v) is 7.43. The number of amides is 2. The van der Waals surface area contributed by atoms with Crippen LogP contribution in [0.15, 0.2) is 24.3 Å². The van der Waals surface area contributed by atoms with Gasteiger partial charge in [-0.25, -0.2) is 0 Å². The Hall–Kier alpha value is -1.92. The number of methoxy groups -OCH3 is 1. The summed E-state index contributed by atoms with van der Waals surface area (Å²) in [5.41, 5.74) is 7.19. The zero-order valence-corrected chi connectivity index (χ0v) is 13.5. The third kappa shape index (κ3) is 5.13. The number of nitrogens with one attached hydrogen (secondary N) is 1. The van der Waals surface area contributed by atoms with Gasteiger partial charge in [0.1, 0.15) is 6.04 Å². The Bertz CT molecular complexity index is 484. The first-order valence-electron chi connectivity index (χ1n) is 7.43. The van der Waals surface area contributed by atoms with Crippen molar-refractivity contribution in [3.63, 3.8) is 0 Å². The van der Waals surface area contributed by atoms with Gasteiger partial charge in [0.15, 0.2) is 0 Å². The normalized spacial score (nSPS) is 11.8. The molecule has 122 valence electrons. The Morgan fingerprint density at radius 2 is 1.82 bits per heavy atom. The third-order valence-corrected chi connectivity index (χ3v) is 3.40. The number of nitrogens with zero attached hydrogens (tertiary/aromatic N) is 1. The monoisotopic (exact) mass is 307 g/mol. The maximum atomic E-state index is 12.2. The van der Waals surface area contributed by atoms with E-state index >= 15 is 0 Å². The van der Waals surface area contributed by atoms with E-state index in [2.05, 4.69) is 5.32 Å². The summed E-state index contributed by atoms with van der Waals surface area (Å²) in [6, 6.07) is 6.54. The van der Waals surface area contributed by atoms with E-state index in [1.807, 2.05) is 26.0 Å². The fraction of sp³-hybridized carbons (Fsp3) is 0.500. The SMILES string of the molecule is CCN(CC)C(=O)c1ccc(CNC(=O)C(N)COC)cc1. The van der Waals surface area contributed by atoms with Crippen LogP contribution >= 0.6 is 0 Å². The van der Waals surface area contributed by atoms with Crippen LogP contribution in [0.5, 0.6) is 0 Å². The fourth-order valence-corrected chi connectivity index (χ4v) is 2.03. The van der Waals surface area contributed by atoms with Gasteiger partial charge >= 0.3 is 0 Å². The molecule has 0 fully saturated rings. The predicted molar refractivity (Wildman–Crippen MR) is 85.4 cm³/mol. The van der Waals surface area contributed by atoms with Gasteiger partial charge in [-0.15, -0.1) is 0 Å². The smallest absolute Gasteiger partial charge is 0.253 e. The number of hydrogen-bond donors (Lipinski definition) is 2. The second-order valence-corrected chi connectivity index (χ2v) is 4.95. The Morgan fingerprint density at radius 3 is 2.32 bits per heavy atom. The van der Waals surface area contributed by atoms with Gasteiger partial charge in [0.05, 0.1) is 6.61 Å². The lowest BCUT2D eigenvalue weighted by atomic mass is 10.1. The standard InChI is InChI=1S/C16H25N3O3/c1-4-19(5-2)16(21)13-8-6-12(7-9-13)10-18-15(20)14(17)11-22-3/h6-9,14H,4-5,10-11,17H2,1-3H3,(H,18,20). The lowest BCUT2D eigenvalue weighted by molar-refractivity contribution is -0.123. The van der Waals surface area contributed by atoms with E-state index < -0.39 is 6.04 Å². The van der Waals surface area contributed by atoms with E-state index in [0.29, 0.717) is 25.2 Å². The molecule has 0 bridgehead atoms. The molecule has 0 aliphatic rings. The van der Waals surface area contributed by atoms with Gasteiger partial charge in [-0.1, -0.05) is 12.1 Å². The molecule has 0 heterocycles. The fourth-order valence-electron chi connectivity index (χ4n) is 2.03. The Morgan fingerprint density at radius 1 is 1.23 bits per heavy atom. The number of rotatable bonds is 8. The molecule has 1 aromatic carbocycles. The third-order valence-electron chi connectivity index (χ3n) is 3.40. The van der Waals surface area contributed by atoms with Crippen molar-refractivity contribution in [1.82, 2.24) is 10.2 Å². The van der Waals surface area contributed by atoms with E-state index in [4.69, 9.17) is 10.5 Å². The molecule has 1 rings (SSSR count). The number of benzene rings is 1. The highest BCUT2D eigenvalue weighted by atomic mass is 16.5. The second kappa shape index (κ2) is 9.17. The average molecular weight is 307 g/mol. The first kappa shape index (κ1) is 18.1. The van der Waals surface area contributed by atoms with Crippen molar-refractivity contribution in [3.8, 4) is 0 Å². The van der Waals surface area contributed by atoms with E-state index in [1.54, 1.807) is 17.0 Å². The van der Waals surface area contributed by atoms with Crippen molar-refractivity contribution in [2.75, 3.05) is 26.8 Å². The van der Waals surface area contributed by atoms with E-state index in [1.165, 1.54) is 7.11 Å². The summed E-state index contributed by atoms with van der Waals surface area (Å²) in [5.74, 6) is -0.243. The van der Waals surface area contributed by atoms with E-state index in [0.717, 1.165) is 5.56 Å². The van der Waals surface area contributed by atoms with Crippen LogP contribution in [0.4, 0.5) is 0 Å². The molecule has 0 saturated heterocycles. The summed E-state index contributed by atoms with van der Waals surface area (Å²) >= 11 is 0. The summed E-state index contributed by atoms with van der Waals surface area (Å²) in [7, 11) is 1.50. The minimum absolute atomic E-state index is 0.0164. The molecule has 0 spiro atoms. The van der Waals surface area contributed by atoms with Crippen LogP contribution in [-0.4, -0.2) is 49.6 Å². The van der Waals surface area contributed by atoms with Crippen LogP contribution in [0.1, 0.15) is 29.8 Å². The van der Waals surface area contributed by atoms with Crippen LogP contribution in [-0.2, 0) is 16.1 Å². The molecule has 6 nitrogen and oxygen atoms in total. The van der Waals surface area contributed by atoms with Crippen LogP contribution in [0.3, 0.4) is 0 Å². The van der Waals surface area contributed by atoms with Crippen molar-refractivity contribution in [2.45, 2.75) is 26.4 Å². The number of carbonyl (C=O) groups excluding carboxylic acids is 2. The molecule has 2 amide bonds. The van der Waals surface area contributed by atoms with Crippen molar-refractivity contribution < 1.29 is 14.3 Å². The van der Waals surface area contributed by atoms with Crippen molar-refractivity contribution >= 4 is 11.8 Å². The van der Waals surface area contributed by atoms with E-state index in [9.17, 15) is 9.59 Å². The Kier molecular flexibility index (Phi) is 7.56. The van der Waals surface area contributed by atoms with Crippen molar-refractivity contribution in [2.24, 2.45) is 5.73 Å². The zero-order valence-electron chi connectivity index (χ0n) is 13.5. The predicted octanol–water partition coefficient (Wildman–Crippen LogP) is 0.759. The molecule has 0 aromatic heterocycles. The molecule has 3 N–H and O–H groups in total. The molecular formula is C16H25N3O3. The maximum Gasteiger partial charge on any atom is 0.253 e. The topological polar surface area (TPSA) is 84.7 Å². The van der Waals surface area contributed by atoms with Crippen molar-refractivity contribution in [3.05, 3.63) is 35.4 Å². The molecule has 0 aliphatic heterocycles. The highest BCUT2D eigenvalue weighted by Crippen LogP contribution is 2.08. The molecule has 6 heteroatoms. The second-order valence-electron chi connectivity index (χ2n) is 4.95. The largest absolute Gasteiger partial charge is 0.383 e. The lowest BCUT2D eigenvalue weighted by Crippen LogP contribution is -2.43. The van der Waals surface area contributed by atoms with Gasteiger partial charge in [-0.2, -0.15) is 0 Å². The zero-order chi connectivity index (χ0) is 16.5. The summed E-state index contributed by atoms with van der Waals surface area (Å²) < 4.78 is 4.83. The number of hydrogen-bond acceptors (Lipinski definition) is 4. The van der Waals surface area contributed by atoms with Crippen LogP contribution in [0, 0.1) is 0 Å². The Balaban J connectivity index is 2.58. The summed E-state index contributed by atoms with van der Waals surface area (Å²) in [6.07, 6.45) is 0. The van der Waals surface area contributed by atoms with Crippen LogP contribution < -0.4 is 11.1 Å². The highest BCUT2D eigenvalue weighted by Gasteiger charge is 2.13. The lowest BCUT2D eigenvalue weighted by Gasteiger charge is -2.18. The molecular weight excluding hydrogens is 282 g/mol. The maximum absolute atomic E-state index is 12.2. The van der Waals surface area contributed by atoms with Gasteiger partial charge in [0.2, 0.25) is 5.91 Å². The molecule has 0 saturated carbocycles. The minimum Gasteiger partial charge on any atom is -0.383 e. The minimum atomic E-state index is -0.673. The number of carbonyl (C=O) groups is 2. The van der Waals surface area contributed by atoms with Crippen LogP contribution in [0.25, 0.3) is 0 Å². The van der Waals surface area contributed by atoms with Gasteiger partial charge in [0.25, 0.3) is 5.91 Å². The van der Waals surface area contributed by atoms with Gasteiger partial charge in [-0.3, -0.25) is 9.59 Å². The first-order chi connectivity index (χ1) is 10.5. The quantitative estimate of drug-likeness (QED) is 0.742. The van der Waals surface area contributed by atoms with Crippen molar-refractivity contribution in [1.29, 1.82) is 0 Å². The molecule has 0 aliphatic carbocycles. The van der Waals surface area contributed by atoms with Crippen LogP contribution in [0.2, 0.25) is 0 Å². The molecule has 0 radical (unpaired) electrons. The van der Waals surface area contributed by atoms with E-state index in [-0.39, 0.29) is 18.4 Å². The number of nitrogens with two attached hydrogens (primary N) is 1. The molecule has 1 atom stereocenters. The molecule has 1 aromatic rings. The molecule has 1 unspecified atom stereocenters. The summed E-state index contributed by atoms with van der Waals surface area (Å²) in [4.78, 5) is 25.6. The van der Waals surface area contributed by atoms with Gasteiger partial charge < -0.3 is 20.7 Å². The molecule has 22 heavy (non-hydrogen) atoms. The summed E-state index contributed by atoms with van der Waals surface area (Å²) in [6.45, 7) is 5.83. The van der Waals surface area contributed by atoms with Gasteiger partial charge in [0, 0.05) is 32.3 Å². The van der Waals surface area contributed by atoms with Gasteiger partial charge in [-0.05, 0) is 31.5 Å². The summed E-state index contributed by atoms with van der Waals surface area (Å²) in [5, 5.41) is 2.74. The average Bonchev–Trinajstić information content (AvgIpc) is 2.54. The highest BCUT2D eigenvalue weighted by molar-refractivity contribution is 5.94. The Labute approximate surface area is 131 Å².